The van der Waals surface area contributed by atoms with Crippen molar-refractivity contribution in [2.24, 2.45) is 11.8 Å². The van der Waals surface area contributed by atoms with Gasteiger partial charge in [-0.25, -0.2) is 0 Å². The van der Waals surface area contributed by atoms with Gasteiger partial charge >= 0.3 is 0 Å². The van der Waals surface area contributed by atoms with Gasteiger partial charge in [0.15, 0.2) is 0 Å². The van der Waals surface area contributed by atoms with Gasteiger partial charge in [-0.1, -0.05) is 25.8 Å². The lowest BCUT2D eigenvalue weighted by Crippen LogP contribution is -2.31. The molecule has 1 saturated carbocycles. The number of methoxy groups -OCH3 is 1. The van der Waals surface area contributed by atoms with Gasteiger partial charge in [-0.05, 0) is 30.4 Å². The summed E-state index contributed by atoms with van der Waals surface area (Å²) in [5.41, 5.74) is 6.76. The average molecular weight is 262 g/mol. The molecule has 0 saturated heterocycles. The molecule has 1 aromatic carbocycles. The van der Waals surface area contributed by atoms with Crippen molar-refractivity contribution in [2.45, 2.75) is 26.2 Å². The van der Waals surface area contributed by atoms with Gasteiger partial charge in [0, 0.05) is 12.2 Å². The second-order valence-corrected chi connectivity index (χ2v) is 5.30. The summed E-state index contributed by atoms with van der Waals surface area (Å²) in [6, 6.07) is 5.25. The van der Waals surface area contributed by atoms with Crippen molar-refractivity contribution in [3.8, 4) is 5.75 Å². The van der Waals surface area contributed by atoms with Gasteiger partial charge in [-0.2, -0.15) is 0 Å². The molecule has 4 nitrogen and oxygen atoms in total. The average Bonchev–Trinajstić information content (AvgIpc) is 2.81. The van der Waals surface area contributed by atoms with Crippen molar-refractivity contribution in [1.29, 1.82) is 0 Å². The first-order valence-corrected chi connectivity index (χ1v) is 6.84. The number of hydrogen-bond donors (Lipinski definition) is 2. The van der Waals surface area contributed by atoms with Crippen LogP contribution in [-0.2, 0) is 0 Å². The first-order chi connectivity index (χ1) is 9.13. The third-order valence-electron chi connectivity index (χ3n) is 4.07. The van der Waals surface area contributed by atoms with Gasteiger partial charge in [0.1, 0.15) is 11.3 Å². The Morgan fingerprint density at radius 2 is 2.26 bits per heavy atom. The number of rotatable bonds is 4. The van der Waals surface area contributed by atoms with Crippen LogP contribution in [0.1, 0.15) is 36.5 Å². The van der Waals surface area contributed by atoms with Gasteiger partial charge in [0.25, 0.3) is 5.91 Å². The minimum atomic E-state index is -0.144. The van der Waals surface area contributed by atoms with Gasteiger partial charge < -0.3 is 15.8 Å². The van der Waals surface area contributed by atoms with E-state index in [1.54, 1.807) is 25.3 Å². The molecule has 2 atom stereocenters. The monoisotopic (exact) mass is 262 g/mol. The largest absolute Gasteiger partial charge is 0.496 e. The Morgan fingerprint density at radius 1 is 1.47 bits per heavy atom. The Balaban J connectivity index is 2.03. The predicted molar refractivity (Wildman–Crippen MR) is 76.2 cm³/mol. The number of nitrogen functional groups attached to an aromatic ring is 1. The zero-order valence-corrected chi connectivity index (χ0v) is 11.6. The number of carbonyl (C=O) groups is 1. The highest BCUT2D eigenvalue weighted by Gasteiger charge is 2.24. The molecule has 0 heterocycles. The molecular weight excluding hydrogens is 240 g/mol. The first-order valence-electron chi connectivity index (χ1n) is 6.84. The molecule has 1 aliphatic rings. The molecule has 0 aliphatic heterocycles. The number of hydrogen-bond acceptors (Lipinski definition) is 3. The molecule has 0 spiro atoms. The lowest BCUT2D eigenvalue weighted by Gasteiger charge is -2.17. The Kier molecular flexibility index (Phi) is 4.30. The molecule has 104 valence electrons. The number of carbonyl (C=O) groups excluding carboxylic acids is 1. The lowest BCUT2D eigenvalue weighted by molar-refractivity contribution is 0.0942. The molecule has 2 unspecified atom stereocenters. The molecule has 1 fully saturated rings. The second kappa shape index (κ2) is 5.95. The number of anilines is 1. The van der Waals surface area contributed by atoms with Crippen molar-refractivity contribution >= 4 is 11.6 Å². The maximum atomic E-state index is 12.2. The van der Waals surface area contributed by atoms with Crippen molar-refractivity contribution in [2.75, 3.05) is 19.4 Å². The van der Waals surface area contributed by atoms with E-state index < -0.39 is 0 Å². The van der Waals surface area contributed by atoms with Gasteiger partial charge in [0.2, 0.25) is 0 Å². The van der Waals surface area contributed by atoms with Crippen LogP contribution in [-0.4, -0.2) is 19.6 Å². The molecule has 1 amide bonds. The topological polar surface area (TPSA) is 64.3 Å². The number of nitrogens with two attached hydrogens (primary N) is 1. The molecule has 2 rings (SSSR count). The Hall–Kier alpha value is -1.71. The SMILES string of the molecule is COc1cccc(N)c1C(=O)NCC1CCCC1C. The number of ether oxygens (including phenoxy) is 1. The first kappa shape index (κ1) is 13.7. The van der Waals surface area contributed by atoms with Crippen LogP contribution in [0.3, 0.4) is 0 Å². The second-order valence-electron chi connectivity index (χ2n) is 5.30. The minimum absolute atomic E-state index is 0.144. The fourth-order valence-corrected chi connectivity index (χ4v) is 2.80. The highest BCUT2D eigenvalue weighted by molar-refractivity contribution is 6.01. The van der Waals surface area contributed by atoms with Crippen LogP contribution in [0.15, 0.2) is 18.2 Å². The van der Waals surface area contributed by atoms with Crippen molar-refractivity contribution in [3.05, 3.63) is 23.8 Å². The van der Waals surface area contributed by atoms with E-state index >= 15 is 0 Å². The highest BCUT2D eigenvalue weighted by Crippen LogP contribution is 2.31. The van der Waals surface area contributed by atoms with Crippen molar-refractivity contribution < 1.29 is 9.53 Å². The highest BCUT2D eigenvalue weighted by atomic mass is 16.5. The van der Waals surface area contributed by atoms with Crippen LogP contribution < -0.4 is 15.8 Å². The third-order valence-corrected chi connectivity index (χ3v) is 4.07. The number of benzene rings is 1. The summed E-state index contributed by atoms with van der Waals surface area (Å²) in [5, 5.41) is 2.99. The standard InChI is InChI=1S/C15H22N2O2/c1-10-5-3-6-11(10)9-17-15(18)14-12(16)7-4-8-13(14)19-2/h4,7-8,10-11H,3,5-6,9,16H2,1-2H3,(H,17,18). The maximum absolute atomic E-state index is 12.2. The van der Waals surface area contributed by atoms with Crippen LogP contribution in [0.5, 0.6) is 5.75 Å². The molecule has 1 aromatic rings. The Labute approximate surface area is 114 Å². The van der Waals surface area contributed by atoms with E-state index in [-0.39, 0.29) is 5.91 Å². The van der Waals surface area contributed by atoms with Crippen molar-refractivity contribution in [1.82, 2.24) is 5.32 Å². The molecule has 1 aliphatic carbocycles. The van der Waals surface area contributed by atoms with Crippen LogP contribution >= 0.6 is 0 Å². The van der Waals surface area contributed by atoms with E-state index in [0.717, 1.165) is 6.54 Å². The number of nitrogens with one attached hydrogen (secondary N) is 1. The number of amides is 1. The summed E-state index contributed by atoms with van der Waals surface area (Å²) in [5.74, 6) is 1.65. The summed E-state index contributed by atoms with van der Waals surface area (Å²) in [7, 11) is 1.55. The normalized spacial score (nSPS) is 22.2. The van der Waals surface area contributed by atoms with Gasteiger partial charge in [0.05, 0.1) is 7.11 Å². The van der Waals surface area contributed by atoms with Crippen LogP contribution in [0.2, 0.25) is 0 Å². The molecule has 19 heavy (non-hydrogen) atoms. The quantitative estimate of drug-likeness (QED) is 0.819. The van der Waals surface area contributed by atoms with E-state index in [1.807, 2.05) is 0 Å². The maximum Gasteiger partial charge on any atom is 0.257 e. The summed E-state index contributed by atoms with van der Waals surface area (Å²) >= 11 is 0. The fourth-order valence-electron chi connectivity index (χ4n) is 2.80. The molecular formula is C15H22N2O2. The van der Waals surface area contributed by atoms with E-state index in [0.29, 0.717) is 28.8 Å². The van der Waals surface area contributed by atoms with E-state index in [2.05, 4.69) is 12.2 Å². The minimum Gasteiger partial charge on any atom is -0.496 e. The molecule has 0 radical (unpaired) electrons. The van der Waals surface area contributed by atoms with Crippen molar-refractivity contribution in [3.63, 3.8) is 0 Å². The Bertz CT molecular complexity index is 459. The predicted octanol–water partition coefficient (Wildman–Crippen LogP) is 2.44. The van der Waals surface area contributed by atoms with Gasteiger partial charge in [-0.15, -0.1) is 0 Å². The zero-order chi connectivity index (χ0) is 13.8. The molecule has 4 heteroatoms. The summed E-state index contributed by atoms with van der Waals surface area (Å²) < 4.78 is 5.20. The molecule has 3 N–H and O–H groups in total. The summed E-state index contributed by atoms with van der Waals surface area (Å²) in [6.07, 6.45) is 3.72. The molecule has 0 bridgehead atoms. The smallest absolute Gasteiger partial charge is 0.257 e. The van der Waals surface area contributed by atoms with E-state index in [9.17, 15) is 4.79 Å². The van der Waals surface area contributed by atoms with Crippen LogP contribution in [0, 0.1) is 11.8 Å². The van der Waals surface area contributed by atoms with Gasteiger partial charge in [-0.3, -0.25) is 4.79 Å². The summed E-state index contributed by atoms with van der Waals surface area (Å²) in [6.45, 7) is 2.97. The third kappa shape index (κ3) is 3.00. The van der Waals surface area contributed by atoms with E-state index in [1.165, 1.54) is 19.3 Å². The zero-order valence-electron chi connectivity index (χ0n) is 11.6. The summed E-state index contributed by atoms with van der Waals surface area (Å²) in [4.78, 5) is 12.2. The van der Waals surface area contributed by atoms with Crippen LogP contribution in [0.4, 0.5) is 5.69 Å². The fraction of sp³-hybridized carbons (Fsp3) is 0.533. The molecule has 0 aromatic heterocycles. The Morgan fingerprint density at radius 3 is 2.89 bits per heavy atom. The lowest BCUT2D eigenvalue weighted by atomic mass is 9.98. The van der Waals surface area contributed by atoms with E-state index in [4.69, 9.17) is 10.5 Å². The van der Waals surface area contributed by atoms with Crippen LogP contribution in [0.25, 0.3) is 0 Å².